The number of fused-ring (bicyclic) bond motifs is 1. The Morgan fingerprint density at radius 1 is 1.23 bits per heavy atom. The Morgan fingerprint density at radius 3 is 2.65 bits per heavy atom. The summed E-state index contributed by atoms with van der Waals surface area (Å²) in [7, 11) is 0. The summed E-state index contributed by atoms with van der Waals surface area (Å²) in [6.45, 7) is 2.22. The number of nitrogens with zero attached hydrogens (tertiary/aromatic N) is 3. The fourth-order valence-corrected chi connectivity index (χ4v) is 3.82. The summed E-state index contributed by atoms with van der Waals surface area (Å²) in [4.78, 5) is 22.3. The number of halogens is 4. The number of likely N-dealkylation sites (tertiary alicyclic amines) is 1. The number of rotatable bonds is 6. The van der Waals surface area contributed by atoms with E-state index in [0.717, 1.165) is 25.6 Å². The minimum absolute atomic E-state index is 0.244. The molecule has 1 aliphatic rings. The van der Waals surface area contributed by atoms with Crippen LogP contribution in [0.3, 0.4) is 0 Å². The number of amides is 1. The topological polar surface area (TPSA) is 84.1 Å². The molecule has 1 amide bonds. The number of carbonyl (C=O) groups excluding carboxylic acids is 1. The molecule has 1 aliphatic heterocycles. The summed E-state index contributed by atoms with van der Waals surface area (Å²) < 4.78 is 40.2. The van der Waals surface area contributed by atoms with Gasteiger partial charge in [-0.2, -0.15) is 13.2 Å². The van der Waals surface area contributed by atoms with Crippen LogP contribution in [0.1, 0.15) is 33.9 Å². The SMILES string of the molecule is NC(=O)c1cccc2c(NC(CN3CCC3)c3ccc(Cl)c(C(F)(F)F)c3)ncnc12. The van der Waals surface area contributed by atoms with Gasteiger partial charge in [0.15, 0.2) is 0 Å². The third kappa shape index (κ3) is 4.42. The first-order chi connectivity index (χ1) is 14.7. The minimum Gasteiger partial charge on any atom is -0.366 e. The van der Waals surface area contributed by atoms with E-state index < -0.39 is 23.7 Å². The van der Waals surface area contributed by atoms with Gasteiger partial charge in [0.1, 0.15) is 12.1 Å². The molecular formula is C21H19ClF3N5O. The van der Waals surface area contributed by atoms with E-state index in [0.29, 0.717) is 28.8 Å². The average molecular weight is 450 g/mol. The van der Waals surface area contributed by atoms with Crippen LogP contribution in [0.2, 0.25) is 5.02 Å². The van der Waals surface area contributed by atoms with E-state index in [1.807, 2.05) is 0 Å². The van der Waals surface area contributed by atoms with Crippen LogP contribution in [0.25, 0.3) is 10.9 Å². The summed E-state index contributed by atoms with van der Waals surface area (Å²) in [6, 6.07) is 8.36. The molecule has 0 spiro atoms. The largest absolute Gasteiger partial charge is 0.417 e. The van der Waals surface area contributed by atoms with Crippen LogP contribution >= 0.6 is 11.6 Å². The maximum Gasteiger partial charge on any atom is 0.417 e. The van der Waals surface area contributed by atoms with E-state index in [9.17, 15) is 18.0 Å². The monoisotopic (exact) mass is 449 g/mol. The van der Waals surface area contributed by atoms with Crippen LogP contribution in [-0.4, -0.2) is 40.4 Å². The van der Waals surface area contributed by atoms with Gasteiger partial charge in [0.05, 0.1) is 27.7 Å². The predicted molar refractivity (Wildman–Crippen MR) is 112 cm³/mol. The van der Waals surface area contributed by atoms with E-state index >= 15 is 0 Å². The quantitative estimate of drug-likeness (QED) is 0.587. The summed E-state index contributed by atoms with van der Waals surface area (Å²) in [5.74, 6) is -0.220. The first kappa shape index (κ1) is 21.3. The smallest absolute Gasteiger partial charge is 0.366 e. The average Bonchev–Trinajstić information content (AvgIpc) is 2.68. The number of alkyl halides is 3. The lowest BCUT2D eigenvalue weighted by Gasteiger charge is -2.35. The molecule has 0 bridgehead atoms. The summed E-state index contributed by atoms with van der Waals surface area (Å²) >= 11 is 5.80. The van der Waals surface area contributed by atoms with E-state index in [1.54, 1.807) is 24.3 Å². The number of nitrogens with two attached hydrogens (primary N) is 1. The minimum atomic E-state index is -4.56. The molecule has 3 N–H and O–H groups in total. The van der Waals surface area contributed by atoms with Crippen molar-refractivity contribution in [3.63, 3.8) is 0 Å². The van der Waals surface area contributed by atoms with E-state index in [4.69, 9.17) is 17.3 Å². The number of nitrogens with one attached hydrogen (secondary N) is 1. The molecule has 1 unspecified atom stereocenters. The molecule has 162 valence electrons. The lowest BCUT2D eigenvalue weighted by Crippen LogP contribution is -2.41. The maximum absolute atomic E-state index is 13.4. The van der Waals surface area contributed by atoms with Crippen molar-refractivity contribution in [2.24, 2.45) is 5.73 Å². The summed E-state index contributed by atoms with van der Waals surface area (Å²) in [6.07, 6.45) is -2.23. The zero-order valence-electron chi connectivity index (χ0n) is 16.3. The van der Waals surface area contributed by atoms with Crippen molar-refractivity contribution in [2.45, 2.75) is 18.6 Å². The molecule has 1 fully saturated rings. The lowest BCUT2D eigenvalue weighted by atomic mass is 10.0. The highest BCUT2D eigenvalue weighted by Crippen LogP contribution is 2.37. The van der Waals surface area contributed by atoms with Crippen LogP contribution in [0.5, 0.6) is 0 Å². The van der Waals surface area contributed by atoms with Crippen molar-refractivity contribution >= 4 is 34.2 Å². The van der Waals surface area contributed by atoms with Gasteiger partial charge in [-0.15, -0.1) is 0 Å². The molecule has 0 saturated carbocycles. The van der Waals surface area contributed by atoms with Gasteiger partial charge >= 0.3 is 6.18 Å². The molecule has 0 aliphatic carbocycles. The highest BCUT2D eigenvalue weighted by atomic mass is 35.5. The normalized spacial score (nSPS) is 15.5. The van der Waals surface area contributed by atoms with Gasteiger partial charge in [-0.05, 0) is 49.3 Å². The van der Waals surface area contributed by atoms with Crippen molar-refractivity contribution in [1.82, 2.24) is 14.9 Å². The fraction of sp³-hybridized carbons (Fsp3) is 0.286. The van der Waals surface area contributed by atoms with Gasteiger partial charge in [0.25, 0.3) is 5.91 Å². The number of anilines is 1. The first-order valence-corrected chi connectivity index (χ1v) is 10.0. The Labute approximate surface area is 181 Å². The molecule has 1 aromatic heterocycles. The number of hydrogen-bond donors (Lipinski definition) is 2. The Balaban J connectivity index is 1.75. The molecule has 31 heavy (non-hydrogen) atoms. The van der Waals surface area contributed by atoms with Crippen LogP contribution < -0.4 is 11.1 Å². The number of para-hydroxylation sites is 1. The molecule has 2 aromatic carbocycles. The third-order valence-electron chi connectivity index (χ3n) is 5.33. The van der Waals surface area contributed by atoms with Gasteiger partial charge in [0, 0.05) is 11.9 Å². The van der Waals surface area contributed by atoms with Gasteiger partial charge < -0.3 is 16.0 Å². The van der Waals surface area contributed by atoms with Crippen molar-refractivity contribution in [3.8, 4) is 0 Å². The number of carbonyl (C=O) groups is 1. The lowest BCUT2D eigenvalue weighted by molar-refractivity contribution is -0.137. The summed E-state index contributed by atoms with van der Waals surface area (Å²) in [5.41, 5.74) is 5.61. The van der Waals surface area contributed by atoms with E-state index in [1.165, 1.54) is 12.4 Å². The zero-order valence-corrected chi connectivity index (χ0v) is 17.0. The van der Waals surface area contributed by atoms with Crippen molar-refractivity contribution in [2.75, 3.05) is 25.0 Å². The molecule has 0 radical (unpaired) electrons. The van der Waals surface area contributed by atoms with E-state index in [2.05, 4.69) is 20.2 Å². The second-order valence-electron chi connectivity index (χ2n) is 7.38. The molecule has 3 aromatic rings. The highest BCUT2D eigenvalue weighted by molar-refractivity contribution is 6.31. The molecule has 2 heterocycles. The van der Waals surface area contributed by atoms with Crippen molar-refractivity contribution in [3.05, 3.63) is 64.4 Å². The first-order valence-electron chi connectivity index (χ1n) is 9.63. The Morgan fingerprint density at radius 2 is 2.00 bits per heavy atom. The zero-order chi connectivity index (χ0) is 22.2. The van der Waals surface area contributed by atoms with Gasteiger partial charge in [-0.25, -0.2) is 9.97 Å². The number of primary amides is 1. The molecule has 6 nitrogen and oxygen atoms in total. The van der Waals surface area contributed by atoms with Crippen LogP contribution in [0.15, 0.2) is 42.7 Å². The number of aromatic nitrogens is 2. The molecular weight excluding hydrogens is 431 g/mol. The van der Waals surface area contributed by atoms with E-state index in [-0.39, 0.29) is 10.6 Å². The van der Waals surface area contributed by atoms with Gasteiger partial charge in [-0.3, -0.25) is 4.79 Å². The number of benzene rings is 2. The fourth-order valence-electron chi connectivity index (χ4n) is 3.60. The molecule has 10 heteroatoms. The Bertz CT molecular complexity index is 1130. The standard InChI is InChI=1S/C21H19ClF3N5O/c22-16-6-5-12(9-15(16)21(23,24)25)17(10-30-7-2-8-30)29-20-14-4-1-3-13(19(26)31)18(14)27-11-28-20/h1,3-6,9,11,17H,2,7-8,10H2,(H2,26,31)(H,27,28,29). The highest BCUT2D eigenvalue weighted by Gasteiger charge is 2.34. The van der Waals surface area contributed by atoms with Crippen LogP contribution in [-0.2, 0) is 6.18 Å². The third-order valence-corrected chi connectivity index (χ3v) is 5.66. The van der Waals surface area contributed by atoms with Gasteiger partial charge in [-0.1, -0.05) is 23.7 Å². The Kier molecular flexibility index (Phi) is 5.72. The predicted octanol–water partition coefficient (Wildman–Crippen LogP) is 4.26. The van der Waals surface area contributed by atoms with Crippen molar-refractivity contribution in [1.29, 1.82) is 0 Å². The second kappa shape index (κ2) is 8.32. The van der Waals surface area contributed by atoms with Crippen molar-refractivity contribution < 1.29 is 18.0 Å². The molecule has 4 rings (SSSR count). The summed E-state index contributed by atoms with van der Waals surface area (Å²) in [5, 5.41) is 3.45. The second-order valence-corrected chi connectivity index (χ2v) is 7.78. The Hall–Kier alpha value is -2.91. The molecule has 1 saturated heterocycles. The van der Waals surface area contributed by atoms with Crippen LogP contribution in [0, 0.1) is 0 Å². The maximum atomic E-state index is 13.4. The number of hydrogen-bond acceptors (Lipinski definition) is 5. The molecule has 1 atom stereocenters. The van der Waals surface area contributed by atoms with Crippen LogP contribution in [0.4, 0.5) is 19.0 Å². The van der Waals surface area contributed by atoms with Gasteiger partial charge in [0.2, 0.25) is 0 Å².